The highest BCUT2D eigenvalue weighted by Gasteiger charge is 2.11. The van der Waals surface area contributed by atoms with Crippen LogP contribution in [0.5, 0.6) is 0 Å². The molecule has 2 heterocycles. The average Bonchev–Trinajstić information content (AvgIpc) is 2.99. The van der Waals surface area contributed by atoms with E-state index in [0.717, 1.165) is 4.88 Å². The predicted molar refractivity (Wildman–Crippen MR) is 72.0 cm³/mol. The SMILES string of the molecule is CN(C)C(=O)CCCn1nc(-c2cccs2)oc1=O. The second kappa shape index (κ2) is 5.83. The van der Waals surface area contributed by atoms with Crippen LogP contribution in [0.3, 0.4) is 0 Å². The molecule has 0 aliphatic carbocycles. The lowest BCUT2D eigenvalue weighted by atomic mass is 10.3. The van der Waals surface area contributed by atoms with Gasteiger partial charge >= 0.3 is 5.76 Å². The lowest BCUT2D eigenvalue weighted by molar-refractivity contribution is -0.128. The van der Waals surface area contributed by atoms with E-state index in [1.807, 2.05) is 17.5 Å². The van der Waals surface area contributed by atoms with E-state index >= 15 is 0 Å². The fraction of sp³-hybridized carbons (Fsp3) is 0.417. The van der Waals surface area contributed by atoms with Crippen molar-refractivity contribution in [2.24, 2.45) is 0 Å². The molecule has 2 aromatic rings. The maximum absolute atomic E-state index is 11.6. The quantitative estimate of drug-likeness (QED) is 0.831. The maximum atomic E-state index is 11.6. The van der Waals surface area contributed by atoms with Crippen molar-refractivity contribution in [2.45, 2.75) is 19.4 Å². The van der Waals surface area contributed by atoms with Crippen LogP contribution in [0.15, 0.2) is 26.7 Å². The van der Waals surface area contributed by atoms with E-state index in [-0.39, 0.29) is 5.91 Å². The Hall–Kier alpha value is -1.89. The summed E-state index contributed by atoms with van der Waals surface area (Å²) >= 11 is 1.46. The van der Waals surface area contributed by atoms with E-state index in [1.165, 1.54) is 20.9 Å². The molecular weight excluding hydrogens is 266 g/mol. The zero-order valence-corrected chi connectivity index (χ0v) is 11.6. The normalized spacial score (nSPS) is 10.6. The van der Waals surface area contributed by atoms with Gasteiger partial charge in [0.1, 0.15) is 0 Å². The summed E-state index contributed by atoms with van der Waals surface area (Å²) in [6.45, 7) is 0.382. The molecule has 0 atom stereocenters. The van der Waals surface area contributed by atoms with E-state index in [2.05, 4.69) is 5.10 Å². The molecular formula is C12H15N3O3S. The Balaban J connectivity index is 1.98. The number of hydrogen-bond acceptors (Lipinski definition) is 5. The van der Waals surface area contributed by atoms with Gasteiger partial charge in [0.05, 0.1) is 4.88 Å². The summed E-state index contributed by atoms with van der Waals surface area (Å²) in [5.74, 6) is -0.116. The van der Waals surface area contributed by atoms with Crippen LogP contribution in [0, 0.1) is 0 Å². The summed E-state index contributed by atoms with van der Waals surface area (Å²) in [5.41, 5.74) is 0. The third kappa shape index (κ3) is 3.31. The minimum absolute atomic E-state index is 0.0371. The zero-order valence-electron chi connectivity index (χ0n) is 10.8. The van der Waals surface area contributed by atoms with Crippen LogP contribution in [0.2, 0.25) is 0 Å². The minimum Gasteiger partial charge on any atom is -0.387 e. The van der Waals surface area contributed by atoms with Crippen LogP contribution in [0.4, 0.5) is 0 Å². The van der Waals surface area contributed by atoms with Gasteiger partial charge in [-0.2, -0.15) is 4.68 Å². The number of carbonyl (C=O) groups excluding carboxylic acids is 1. The third-order valence-electron chi connectivity index (χ3n) is 2.60. The molecule has 2 aromatic heterocycles. The molecule has 102 valence electrons. The van der Waals surface area contributed by atoms with Crippen molar-refractivity contribution in [3.8, 4) is 10.8 Å². The molecule has 0 spiro atoms. The van der Waals surface area contributed by atoms with Crippen LogP contribution in [0.1, 0.15) is 12.8 Å². The Morgan fingerprint density at radius 3 is 2.95 bits per heavy atom. The third-order valence-corrected chi connectivity index (χ3v) is 3.46. The zero-order chi connectivity index (χ0) is 13.8. The van der Waals surface area contributed by atoms with Gasteiger partial charge in [-0.05, 0) is 17.9 Å². The molecule has 0 radical (unpaired) electrons. The molecule has 0 bridgehead atoms. The number of aromatic nitrogens is 2. The molecule has 1 amide bonds. The Kier molecular flexibility index (Phi) is 4.16. The van der Waals surface area contributed by atoms with Crippen molar-refractivity contribution < 1.29 is 9.21 Å². The summed E-state index contributed by atoms with van der Waals surface area (Å²) in [4.78, 5) is 25.3. The highest BCUT2D eigenvalue weighted by Crippen LogP contribution is 2.21. The Labute approximate surface area is 114 Å². The van der Waals surface area contributed by atoms with Crippen LogP contribution < -0.4 is 5.76 Å². The van der Waals surface area contributed by atoms with Crippen molar-refractivity contribution in [3.63, 3.8) is 0 Å². The second-order valence-corrected chi connectivity index (χ2v) is 5.21. The number of hydrogen-bond donors (Lipinski definition) is 0. The first kappa shape index (κ1) is 13.5. The number of amides is 1. The standard InChI is InChI=1S/C12H15N3O3S/c1-14(2)10(16)6-3-7-15-12(17)18-11(13-15)9-5-4-8-19-9/h4-5,8H,3,6-7H2,1-2H3. The van der Waals surface area contributed by atoms with Crippen LogP contribution in [0.25, 0.3) is 10.8 Å². The van der Waals surface area contributed by atoms with E-state index in [9.17, 15) is 9.59 Å². The van der Waals surface area contributed by atoms with Gasteiger partial charge in [0, 0.05) is 27.1 Å². The van der Waals surface area contributed by atoms with Crippen LogP contribution in [-0.2, 0) is 11.3 Å². The summed E-state index contributed by atoms with van der Waals surface area (Å²) in [7, 11) is 3.42. The molecule has 0 aromatic carbocycles. The number of carbonyl (C=O) groups is 1. The predicted octanol–water partition coefficient (Wildman–Crippen LogP) is 1.43. The smallest absolute Gasteiger partial charge is 0.387 e. The molecule has 0 N–H and O–H groups in total. The topological polar surface area (TPSA) is 68.3 Å². The first-order chi connectivity index (χ1) is 9.08. The summed E-state index contributed by atoms with van der Waals surface area (Å²) in [6.07, 6.45) is 0.952. The molecule has 0 saturated carbocycles. The van der Waals surface area contributed by atoms with Gasteiger partial charge in [-0.1, -0.05) is 6.07 Å². The van der Waals surface area contributed by atoms with Gasteiger partial charge in [0.15, 0.2) is 0 Å². The Morgan fingerprint density at radius 2 is 2.32 bits per heavy atom. The highest BCUT2D eigenvalue weighted by atomic mass is 32.1. The average molecular weight is 281 g/mol. The molecule has 0 unspecified atom stereocenters. The summed E-state index contributed by atoms with van der Waals surface area (Å²) < 4.78 is 6.34. The first-order valence-corrected chi connectivity index (χ1v) is 6.78. The molecule has 6 nitrogen and oxygen atoms in total. The molecule has 0 aliphatic heterocycles. The van der Waals surface area contributed by atoms with E-state index < -0.39 is 5.76 Å². The van der Waals surface area contributed by atoms with E-state index in [0.29, 0.717) is 25.3 Å². The number of nitrogens with zero attached hydrogens (tertiary/aromatic N) is 3. The van der Waals surface area contributed by atoms with E-state index in [4.69, 9.17) is 4.42 Å². The minimum atomic E-state index is -0.485. The first-order valence-electron chi connectivity index (χ1n) is 5.90. The van der Waals surface area contributed by atoms with Crippen LogP contribution in [-0.4, -0.2) is 34.7 Å². The number of thiophene rings is 1. The van der Waals surface area contributed by atoms with Gasteiger partial charge in [-0.3, -0.25) is 4.79 Å². The van der Waals surface area contributed by atoms with Gasteiger partial charge in [-0.15, -0.1) is 16.4 Å². The molecule has 0 aliphatic rings. The number of aryl methyl sites for hydroxylation is 1. The lowest BCUT2D eigenvalue weighted by Crippen LogP contribution is -2.23. The van der Waals surface area contributed by atoms with Crippen molar-refractivity contribution in [1.82, 2.24) is 14.7 Å². The van der Waals surface area contributed by atoms with Crippen molar-refractivity contribution in [3.05, 3.63) is 28.1 Å². The Bertz CT molecular complexity index is 598. The van der Waals surface area contributed by atoms with Crippen molar-refractivity contribution in [2.75, 3.05) is 14.1 Å². The highest BCUT2D eigenvalue weighted by molar-refractivity contribution is 7.13. The van der Waals surface area contributed by atoms with Crippen molar-refractivity contribution in [1.29, 1.82) is 0 Å². The fourth-order valence-electron chi connectivity index (χ4n) is 1.55. The molecule has 19 heavy (non-hydrogen) atoms. The molecule has 7 heteroatoms. The molecule has 0 saturated heterocycles. The molecule has 0 fully saturated rings. The second-order valence-electron chi connectivity index (χ2n) is 4.27. The summed E-state index contributed by atoms with van der Waals surface area (Å²) in [6, 6.07) is 3.71. The van der Waals surface area contributed by atoms with Crippen LogP contribution >= 0.6 is 11.3 Å². The van der Waals surface area contributed by atoms with E-state index in [1.54, 1.807) is 14.1 Å². The van der Waals surface area contributed by atoms with Gasteiger partial charge in [0.2, 0.25) is 5.91 Å². The van der Waals surface area contributed by atoms with Gasteiger partial charge in [0.25, 0.3) is 5.89 Å². The Morgan fingerprint density at radius 1 is 1.53 bits per heavy atom. The monoisotopic (exact) mass is 281 g/mol. The molecule has 2 rings (SSSR count). The van der Waals surface area contributed by atoms with Gasteiger partial charge < -0.3 is 9.32 Å². The lowest BCUT2D eigenvalue weighted by Gasteiger charge is -2.08. The van der Waals surface area contributed by atoms with Gasteiger partial charge in [-0.25, -0.2) is 4.79 Å². The number of rotatable bonds is 5. The maximum Gasteiger partial charge on any atom is 0.437 e. The summed E-state index contributed by atoms with van der Waals surface area (Å²) in [5, 5.41) is 6.01. The largest absolute Gasteiger partial charge is 0.437 e. The fourth-order valence-corrected chi connectivity index (χ4v) is 2.20. The van der Waals surface area contributed by atoms with Crippen molar-refractivity contribution >= 4 is 17.2 Å².